The predicted octanol–water partition coefficient (Wildman–Crippen LogP) is 3.10. The Hall–Kier alpha value is -1.10. The smallest absolute Gasteiger partial charge is 0.240 e. The average Bonchev–Trinajstić information content (AvgIpc) is 2.51. The van der Waals surface area contributed by atoms with Gasteiger partial charge in [-0.2, -0.15) is 0 Å². The second kappa shape index (κ2) is 9.40. The molecule has 4 nitrogen and oxygen atoms in total. The van der Waals surface area contributed by atoms with E-state index in [0.717, 1.165) is 38.8 Å². The maximum atomic E-state index is 12.4. The number of hydrogen-bond donors (Lipinski definition) is 2. The molecular formula is C19H32ClN3O. The van der Waals surface area contributed by atoms with Crippen LogP contribution in [0.4, 0.5) is 0 Å². The summed E-state index contributed by atoms with van der Waals surface area (Å²) in [5, 5.41) is 3.17. The second-order valence-corrected chi connectivity index (χ2v) is 7.17. The fraction of sp³-hybridized carbons (Fsp3) is 0.632. The molecule has 1 fully saturated rings. The summed E-state index contributed by atoms with van der Waals surface area (Å²) in [5.41, 5.74) is 6.73. The van der Waals surface area contributed by atoms with Crippen LogP contribution in [-0.2, 0) is 11.3 Å². The molecule has 1 amide bonds. The first-order valence-electron chi connectivity index (χ1n) is 8.80. The molecule has 3 N–H and O–H groups in total. The number of nitrogens with zero attached hydrogens (tertiary/aromatic N) is 1. The van der Waals surface area contributed by atoms with Crippen molar-refractivity contribution in [3.05, 3.63) is 35.9 Å². The Bertz CT molecular complexity index is 507. The van der Waals surface area contributed by atoms with Crippen molar-refractivity contribution in [2.45, 2.75) is 70.6 Å². The molecule has 0 spiro atoms. The number of carbonyl (C=O) groups is 1. The summed E-state index contributed by atoms with van der Waals surface area (Å²) in [6, 6.07) is 11.3. The van der Waals surface area contributed by atoms with Crippen LogP contribution in [0.1, 0.15) is 52.0 Å². The summed E-state index contributed by atoms with van der Waals surface area (Å²) in [7, 11) is 0. The van der Waals surface area contributed by atoms with Crippen LogP contribution in [0.2, 0.25) is 0 Å². The van der Waals surface area contributed by atoms with Crippen LogP contribution in [0.5, 0.6) is 0 Å². The number of amides is 1. The lowest BCUT2D eigenvalue weighted by molar-refractivity contribution is -0.127. The van der Waals surface area contributed by atoms with Crippen LogP contribution in [0.15, 0.2) is 30.3 Å². The number of benzene rings is 1. The van der Waals surface area contributed by atoms with Crippen LogP contribution in [-0.4, -0.2) is 35.0 Å². The van der Waals surface area contributed by atoms with Gasteiger partial charge in [0.15, 0.2) is 0 Å². The lowest BCUT2D eigenvalue weighted by atomic mass is 9.93. The van der Waals surface area contributed by atoms with Gasteiger partial charge in [-0.05, 0) is 38.7 Å². The van der Waals surface area contributed by atoms with Gasteiger partial charge in [-0.1, -0.05) is 43.7 Å². The highest BCUT2D eigenvalue weighted by molar-refractivity contribution is 5.86. The Morgan fingerprint density at radius 2 is 2.04 bits per heavy atom. The molecule has 1 heterocycles. The van der Waals surface area contributed by atoms with Crippen molar-refractivity contribution < 1.29 is 4.79 Å². The molecule has 24 heavy (non-hydrogen) atoms. The summed E-state index contributed by atoms with van der Waals surface area (Å²) in [6.07, 6.45) is 3.62. The van der Waals surface area contributed by atoms with Crippen molar-refractivity contribution in [1.82, 2.24) is 10.2 Å². The normalized spacial score (nSPS) is 23.8. The Balaban J connectivity index is 0.00000288. The topological polar surface area (TPSA) is 58.4 Å². The van der Waals surface area contributed by atoms with E-state index >= 15 is 0 Å². The van der Waals surface area contributed by atoms with Gasteiger partial charge in [-0.25, -0.2) is 0 Å². The zero-order valence-corrected chi connectivity index (χ0v) is 15.9. The van der Waals surface area contributed by atoms with Crippen molar-refractivity contribution in [3.8, 4) is 0 Å². The monoisotopic (exact) mass is 353 g/mol. The minimum Gasteiger partial charge on any atom is -0.352 e. The molecule has 3 unspecified atom stereocenters. The van der Waals surface area contributed by atoms with Crippen LogP contribution < -0.4 is 11.1 Å². The van der Waals surface area contributed by atoms with Crippen molar-refractivity contribution in [2.75, 3.05) is 6.54 Å². The quantitative estimate of drug-likeness (QED) is 0.826. The first-order valence-corrected chi connectivity index (χ1v) is 8.80. The number of rotatable bonds is 6. The van der Waals surface area contributed by atoms with E-state index in [-0.39, 0.29) is 24.4 Å². The van der Waals surface area contributed by atoms with E-state index < -0.39 is 5.54 Å². The molecule has 5 heteroatoms. The zero-order valence-electron chi connectivity index (χ0n) is 15.1. The van der Waals surface area contributed by atoms with Crippen molar-refractivity contribution in [1.29, 1.82) is 0 Å². The van der Waals surface area contributed by atoms with E-state index in [1.807, 2.05) is 6.92 Å². The van der Waals surface area contributed by atoms with Crippen LogP contribution in [0.25, 0.3) is 0 Å². The Morgan fingerprint density at radius 1 is 1.38 bits per heavy atom. The molecule has 1 aromatic carbocycles. The fourth-order valence-corrected chi connectivity index (χ4v) is 3.39. The molecule has 3 atom stereocenters. The molecule has 1 aliphatic rings. The number of likely N-dealkylation sites (tertiary alicyclic amines) is 1. The number of halogens is 1. The first-order chi connectivity index (χ1) is 10.9. The van der Waals surface area contributed by atoms with Gasteiger partial charge in [0.2, 0.25) is 5.91 Å². The molecular weight excluding hydrogens is 322 g/mol. The van der Waals surface area contributed by atoms with E-state index in [9.17, 15) is 4.79 Å². The highest BCUT2D eigenvalue weighted by Crippen LogP contribution is 2.21. The Morgan fingerprint density at radius 3 is 2.62 bits per heavy atom. The van der Waals surface area contributed by atoms with Crippen LogP contribution in [0.3, 0.4) is 0 Å². The molecule has 0 bridgehead atoms. The third kappa shape index (κ3) is 5.76. The summed E-state index contributed by atoms with van der Waals surface area (Å²) in [4.78, 5) is 14.8. The summed E-state index contributed by atoms with van der Waals surface area (Å²) >= 11 is 0. The Kier molecular flexibility index (Phi) is 8.20. The summed E-state index contributed by atoms with van der Waals surface area (Å²) < 4.78 is 0. The molecule has 136 valence electrons. The number of carbonyl (C=O) groups excluding carboxylic acids is 1. The number of nitrogens with two attached hydrogens (primary N) is 1. The molecule has 2 rings (SSSR count). The second-order valence-electron chi connectivity index (χ2n) is 7.17. The highest BCUT2D eigenvalue weighted by Gasteiger charge is 2.32. The van der Waals surface area contributed by atoms with Gasteiger partial charge in [0.05, 0.1) is 5.54 Å². The van der Waals surface area contributed by atoms with Crippen molar-refractivity contribution >= 4 is 18.3 Å². The lowest BCUT2D eigenvalue weighted by Crippen LogP contribution is -2.56. The summed E-state index contributed by atoms with van der Waals surface area (Å²) in [5.74, 6) is -0.00643. The molecule has 1 saturated heterocycles. The van der Waals surface area contributed by atoms with Gasteiger partial charge >= 0.3 is 0 Å². The van der Waals surface area contributed by atoms with E-state index in [0.29, 0.717) is 6.04 Å². The number of nitrogens with one attached hydrogen (secondary N) is 1. The minimum absolute atomic E-state index is 0. The van der Waals surface area contributed by atoms with E-state index in [1.54, 1.807) is 0 Å². The molecule has 1 aliphatic heterocycles. The zero-order chi connectivity index (χ0) is 16.9. The lowest BCUT2D eigenvalue weighted by Gasteiger charge is -2.39. The minimum atomic E-state index is -0.751. The van der Waals surface area contributed by atoms with Gasteiger partial charge in [0.1, 0.15) is 0 Å². The van der Waals surface area contributed by atoms with Gasteiger partial charge in [-0.15, -0.1) is 12.4 Å². The first kappa shape index (κ1) is 20.9. The van der Waals surface area contributed by atoms with Gasteiger partial charge in [-0.3, -0.25) is 9.69 Å². The van der Waals surface area contributed by atoms with Crippen molar-refractivity contribution in [2.24, 2.45) is 5.73 Å². The third-order valence-corrected chi connectivity index (χ3v) is 4.87. The van der Waals surface area contributed by atoms with Crippen LogP contribution >= 0.6 is 12.4 Å². The fourth-order valence-electron chi connectivity index (χ4n) is 3.39. The van der Waals surface area contributed by atoms with E-state index in [4.69, 9.17) is 5.73 Å². The van der Waals surface area contributed by atoms with E-state index in [1.165, 1.54) is 5.56 Å². The molecule has 0 radical (unpaired) electrons. The molecule has 0 aromatic heterocycles. The molecule has 0 saturated carbocycles. The predicted molar refractivity (Wildman–Crippen MR) is 102 cm³/mol. The average molecular weight is 354 g/mol. The van der Waals surface area contributed by atoms with Gasteiger partial charge in [0, 0.05) is 25.2 Å². The van der Waals surface area contributed by atoms with Crippen molar-refractivity contribution in [3.63, 3.8) is 0 Å². The maximum absolute atomic E-state index is 12.4. The van der Waals surface area contributed by atoms with Crippen LogP contribution in [0, 0.1) is 0 Å². The van der Waals surface area contributed by atoms with E-state index in [2.05, 4.69) is 54.4 Å². The number of hydrogen-bond acceptors (Lipinski definition) is 3. The summed E-state index contributed by atoms with van der Waals surface area (Å²) in [6.45, 7) is 8.13. The Labute approximate surface area is 152 Å². The molecule has 1 aromatic rings. The molecule has 0 aliphatic carbocycles. The SMILES string of the molecule is CCCC(C)(N)C(=O)NC1CCN(Cc2ccccc2)C(C)C1.Cl. The third-order valence-electron chi connectivity index (χ3n) is 4.87. The number of piperidine rings is 1. The van der Waals surface area contributed by atoms with Gasteiger partial charge in [0.25, 0.3) is 0 Å². The standard InChI is InChI=1S/C19H31N3O.ClH/c1-4-11-19(3,20)18(23)21-17-10-12-22(15(2)13-17)14-16-8-6-5-7-9-16;/h5-9,15,17H,4,10-14,20H2,1-3H3,(H,21,23);1H. The maximum Gasteiger partial charge on any atom is 0.240 e. The van der Waals surface area contributed by atoms with Gasteiger partial charge < -0.3 is 11.1 Å². The highest BCUT2D eigenvalue weighted by atomic mass is 35.5. The largest absolute Gasteiger partial charge is 0.352 e.